The van der Waals surface area contributed by atoms with Gasteiger partial charge in [-0.3, -0.25) is 0 Å². The number of sulfone groups is 1. The predicted molar refractivity (Wildman–Crippen MR) is 61.5 cm³/mol. The molecule has 2 rings (SSSR count). The van der Waals surface area contributed by atoms with Crippen LogP contribution in [0.1, 0.15) is 6.42 Å². The third-order valence-electron chi connectivity index (χ3n) is 2.55. The van der Waals surface area contributed by atoms with Crippen LogP contribution in [-0.4, -0.2) is 33.9 Å². The molecule has 0 aliphatic carbocycles. The second kappa shape index (κ2) is 4.43. The van der Waals surface area contributed by atoms with E-state index in [1.807, 2.05) is 0 Å². The lowest BCUT2D eigenvalue weighted by Gasteiger charge is -2.12. The summed E-state index contributed by atoms with van der Waals surface area (Å²) in [6, 6.07) is 6.64. The molecule has 1 atom stereocenters. The van der Waals surface area contributed by atoms with Crippen LogP contribution in [0.2, 0.25) is 0 Å². The van der Waals surface area contributed by atoms with Crippen LogP contribution >= 0.6 is 0 Å². The highest BCUT2D eigenvalue weighted by Gasteiger charge is 2.16. The van der Waals surface area contributed by atoms with E-state index in [9.17, 15) is 8.42 Å². The fourth-order valence-electron chi connectivity index (χ4n) is 1.70. The van der Waals surface area contributed by atoms with E-state index < -0.39 is 9.84 Å². The molecule has 16 heavy (non-hydrogen) atoms. The smallest absolute Gasteiger partial charge is 0.175 e. The van der Waals surface area contributed by atoms with Gasteiger partial charge in [-0.25, -0.2) is 8.42 Å². The second-order valence-corrected chi connectivity index (χ2v) is 6.00. The van der Waals surface area contributed by atoms with Gasteiger partial charge in [0.15, 0.2) is 9.84 Å². The summed E-state index contributed by atoms with van der Waals surface area (Å²) in [6.45, 7) is 1.78. The molecular formula is C11H15NO3S. The largest absolute Gasteiger partial charge is 0.489 e. The van der Waals surface area contributed by atoms with Crippen LogP contribution in [0.5, 0.6) is 5.75 Å². The van der Waals surface area contributed by atoms with Crippen molar-refractivity contribution in [1.29, 1.82) is 0 Å². The van der Waals surface area contributed by atoms with Gasteiger partial charge in [0.2, 0.25) is 0 Å². The lowest BCUT2D eigenvalue weighted by atomic mass is 10.3. The van der Waals surface area contributed by atoms with Crippen molar-refractivity contribution in [2.24, 2.45) is 0 Å². The van der Waals surface area contributed by atoms with Gasteiger partial charge in [0.05, 0.1) is 4.90 Å². The van der Waals surface area contributed by atoms with Crippen molar-refractivity contribution >= 4 is 9.84 Å². The zero-order valence-corrected chi connectivity index (χ0v) is 9.96. The lowest BCUT2D eigenvalue weighted by molar-refractivity contribution is 0.222. The quantitative estimate of drug-likeness (QED) is 0.851. The van der Waals surface area contributed by atoms with Gasteiger partial charge in [-0.05, 0) is 31.2 Å². The number of hydrogen-bond acceptors (Lipinski definition) is 4. The van der Waals surface area contributed by atoms with E-state index in [4.69, 9.17) is 4.74 Å². The highest BCUT2D eigenvalue weighted by Crippen LogP contribution is 2.19. The molecule has 1 unspecified atom stereocenters. The normalized spacial score (nSPS) is 20.9. The number of hydrogen-bond donors (Lipinski definition) is 1. The summed E-state index contributed by atoms with van der Waals surface area (Å²) in [5.41, 5.74) is 0. The van der Waals surface area contributed by atoms with Gasteiger partial charge >= 0.3 is 0 Å². The van der Waals surface area contributed by atoms with Crippen LogP contribution < -0.4 is 10.1 Å². The number of benzene rings is 1. The molecule has 1 aliphatic heterocycles. The highest BCUT2D eigenvalue weighted by molar-refractivity contribution is 7.90. The van der Waals surface area contributed by atoms with Gasteiger partial charge in [-0.2, -0.15) is 0 Å². The fraction of sp³-hybridized carbons (Fsp3) is 0.455. The monoisotopic (exact) mass is 241 g/mol. The molecule has 0 aromatic heterocycles. The Labute approximate surface area is 95.5 Å². The van der Waals surface area contributed by atoms with E-state index in [-0.39, 0.29) is 6.10 Å². The summed E-state index contributed by atoms with van der Waals surface area (Å²) in [6.07, 6.45) is 2.31. The summed E-state index contributed by atoms with van der Waals surface area (Å²) in [5, 5.41) is 3.19. The molecule has 0 radical (unpaired) electrons. The van der Waals surface area contributed by atoms with Gasteiger partial charge in [-0.15, -0.1) is 0 Å². The third kappa shape index (κ3) is 2.74. The van der Waals surface area contributed by atoms with Gasteiger partial charge in [0, 0.05) is 12.8 Å². The molecule has 5 heteroatoms. The Morgan fingerprint density at radius 2 is 2.25 bits per heavy atom. The average molecular weight is 241 g/mol. The van der Waals surface area contributed by atoms with Crippen LogP contribution in [0, 0.1) is 0 Å². The summed E-state index contributed by atoms with van der Waals surface area (Å²) < 4.78 is 28.4. The first kappa shape index (κ1) is 11.4. The minimum Gasteiger partial charge on any atom is -0.489 e. The maximum Gasteiger partial charge on any atom is 0.175 e. The Bertz CT molecular complexity index is 464. The van der Waals surface area contributed by atoms with E-state index in [0.717, 1.165) is 19.5 Å². The minimum atomic E-state index is -3.15. The number of ether oxygens (including phenoxy) is 1. The molecule has 1 heterocycles. The van der Waals surface area contributed by atoms with Crippen molar-refractivity contribution in [2.45, 2.75) is 17.4 Å². The highest BCUT2D eigenvalue weighted by atomic mass is 32.2. The fourth-order valence-corrected chi connectivity index (χ4v) is 2.36. The van der Waals surface area contributed by atoms with Crippen LogP contribution in [0.3, 0.4) is 0 Å². The molecule has 1 aromatic rings. The van der Waals surface area contributed by atoms with Crippen molar-refractivity contribution in [2.75, 3.05) is 19.3 Å². The predicted octanol–water partition coefficient (Wildman–Crippen LogP) is 0.831. The van der Waals surface area contributed by atoms with E-state index in [1.165, 1.54) is 6.26 Å². The van der Waals surface area contributed by atoms with Crippen molar-refractivity contribution < 1.29 is 13.2 Å². The summed E-state index contributed by atoms with van der Waals surface area (Å²) >= 11 is 0. The molecule has 0 saturated carbocycles. The molecular weight excluding hydrogens is 226 g/mol. The SMILES string of the molecule is CS(=O)(=O)c1cccc(OC2CCNC2)c1. The Balaban J connectivity index is 2.16. The molecule has 1 aromatic carbocycles. The Morgan fingerprint density at radius 1 is 1.44 bits per heavy atom. The van der Waals surface area contributed by atoms with Crippen molar-refractivity contribution in [3.05, 3.63) is 24.3 Å². The summed E-state index contributed by atoms with van der Waals surface area (Å²) in [4.78, 5) is 0.302. The maximum absolute atomic E-state index is 11.4. The third-order valence-corrected chi connectivity index (χ3v) is 3.66. The van der Waals surface area contributed by atoms with E-state index in [0.29, 0.717) is 10.6 Å². The molecule has 4 nitrogen and oxygen atoms in total. The number of rotatable bonds is 3. The molecule has 88 valence electrons. The van der Waals surface area contributed by atoms with E-state index in [1.54, 1.807) is 24.3 Å². The zero-order valence-electron chi connectivity index (χ0n) is 9.14. The molecule has 1 aliphatic rings. The first-order valence-electron chi connectivity index (χ1n) is 5.23. The van der Waals surface area contributed by atoms with Crippen LogP contribution in [0.15, 0.2) is 29.2 Å². The first-order valence-corrected chi connectivity index (χ1v) is 7.12. The second-order valence-electron chi connectivity index (χ2n) is 3.98. The minimum absolute atomic E-state index is 0.148. The lowest BCUT2D eigenvalue weighted by Crippen LogP contribution is -2.19. The maximum atomic E-state index is 11.4. The van der Waals surface area contributed by atoms with Crippen LogP contribution in [0.4, 0.5) is 0 Å². The zero-order chi connectivity index (χ0) is 11.6. The van der Waals surface area contributed by atoms with E-state index >= 15 is 0 Å². The first-order chi connectivity index (χ1) is 7.55. The molecule has 1 fully saturated rings. The van der Waals surface area contributed by atoms with Crippen LogP contribution in [0.25, 0.3) is 0 Å². The van der Waals surface area contributed by atoms with Crippen molar-refractivity contribution in [1.82, 2.24) is 5.32 Å². The standard InChI is InChI=1S/C11H15NO3S/c1-16(13,14)11-4-2-3-9(7-11)15-10-5-6-12-8-10/h2-4,7,10,12H,5-6,8H2,1H3. The van der Waals surface area contributed by atoms with Gasteiger partial charge < -0.3 is 10.1 Å². The Morgan fingerprint density at radius 3 is 2.88 bits per heavy atom. The Kier molecular flexibility index (Phi) is 3.16. The summed E-state index contributed by atoms with van der Waals surface area (Å²) in [7, 11) is -3.15. The van der Waals surface area contributed by atoms with E-state index in [2.05, 4.69) is 5.32 Å². The average Bonchev–Trinajstić information content (AvgIpc) is 2.70. The summed E-state index contributed by atoms with van der Waals surface area (Å²) in [5.74, 6) is 0.622. The van der Waals surface area contributed by atoms with Crippen LogP contribution in [-0.2, 0) is 9.84 Å². The van der Waals surface area contributed by atoms with Crippen molar-refractivity contribution in [3.63, 3.8) is 0 Å². The van der Waals surface area contributed by atoms with Gasteiger partial charge in [0.25, 0.3) is 0 Å². The van der Waals surface area contributed by atoms with Crippen molar-refractivity contribution in [3.8, 4) is 5.75 Å². The van der Waals surface area contributed by atoms with Gasteiger partial charge in [-0.1, -0.05) is 6.07 Å². The molecule has 1 N–H and O–H groups in total. The molecule has 0 bridgehead atoms. The topological polar surface area (TPSA) is 55.4 Å². The molecule has 0 spiro atoms. The van der Waals surface area contributed by atoms with Gasteiger partial charge in [0.1, 0.15) is 11.9 Å². The molecule has 1 saturated heterocycles. The number of nitrogens with one attached hydrogen (secondary N) is 1. The molecule has 0 amide bonds. The Hall–Kier alpha value is -1.07.